The number of pyridine rings is 1. The highest BCUT2D eigenvalue weighted by molar-refractivity contribution is 6.01. The van der Waals surface area contributed by atoms with Gasteiger partial charge in [0.15, 0.2) is 0 Å². The number of rotatable bonds is 6. The number of ketones is 1. The number of Topliss-reactive ketones (excluding diaryl/α,β-unsaturated/α-hetero) is 1. The summed E-state index contributed by atoms with van der Waals surface area (Å²) in [5.41, 5.74) is 0.00634. The summed E-state index contributed by atoms with van der Waals surface area (Å²) in [6.07, 6.45) is 0.735. The van der Waals surface area contributed by atoms with Crippen molar-refractivity contribution >= 4 is 34.4 Å². The molecule has 0 aliphatic rings. The number of carboxylic acids is 1. The van der Waals surface area contributed by atoms with Gasteiger partial charge in [-0.15, -0.1) is 0 Å². The van der Waals surface area contributed by atoms with E-state index in [0.29, 0.717) is 28.2 Å². The fourth-order valence-electron chi connectivity index (χ4n) is 2.80. The molecule has 0 spiro atoms. The summed E-state index contributed by atoms with van der Waals surface area (Å²) in [6, 6.07) is 9.60. The number of fused-ring (bicyclic) bond motifs is 1. The quantitative estimate of drug-likeness (QED) is 0.599. The van der Waals surface area contributed by atoms with E-state index in [-0.39, 0.29) is 18.0 Å². The van der Waals surface area contributed by atoms with E-state index in [9.17, 15) is 19.5 Å². The average Bonchev–Trinajstić information content (AvgIpc) is 3.05. The van der Waals surface area contributed by atoms with Crippen LogP contribution in [0.2, 0.25) is 0 Å². The van der Waals surface area contributed by atoms with E-state index in [1.165, 1.54) is 19.2 Å². The Bertz CT molecular complexity index is 1140. The van der Waals surface area contributed by atoms with Gasteiger partial charge in [-0.3, -0.25) is 4.79 Å². The number of carbonyl (C=O) groups excluding carboxylic acids is 2. The van der Waals surface area contributed by atoms with Crippen LogP contribution in [0.5, 0.6) is 11.6 Å². The average molecular weight is 425 g/mol. The van der Waals surface area contributed by atoms with Gasteiger partial charge in [-0.25, -0.2) is 19.1 Å². The second-order valence-corrected chi connectivity index (χ2v) is 7.91. The summed E-state index contributed by atoms with van der Waals surface area (Å²) >= 11 is 0. The Morgan fingerprint density at radius 2 is 1.87 bits per heavy atom. The normalized spacial score (nSPS) is 11.2. The number of hydrogen-bond acceptors (Lipinski definition) is 7. The first-order valence-corrected chi connectivity index (χ1v) is 9.53. The Morgan fingerprint density at radius 1 is 1.13 bits per heavy atom. The standard InChI is InChI=1S/C22H23N3O6/c1-13(26)11-23-15-6-8-19(24-12-15)30-16-7-5-14-9-18(20(27)28)25(17(14)10-16)21(29)31-22(2,3)4/h5-10,12,23H,11H2,1-4H3,(H,27,28). The summed E-state index contributed by atoms with van der Waals surface area (Å²) in [6.45, 7) is 6.79. The molecule has 9 nitrogen and oxygen atoms in total. The fraction of sp³-hybridized carbons (Fsp3) is 0.273. The summed E-state index contributed by atoms with van der Waals surface area (Å²) in [4.78, 5) is 39.6. The van der Waals surface area contributed by atoms with Crippen LogP contribution in [0.3, 0.4) is 0 Å². The number of ether oxygens (including phenoxy) is 2. The van der Waals surface area contributed by atoms with Crippen LogP contribution in [0.4, 0.5) is 10.5 Å². The molecule has 3 rings (SSSR count). The third-order valence-electron chi connectivity index (χ3n) is 4.07. The summed E-state index contributed by atoms with van der Waals surface area (Å²) < 4.78 is 12.1. The molecule has 0 saturated heterocycles. The van der Waals surface area contributed by atoms with Gasteiger partial charge in [0.05, 0.1) is 23.9 Å². The molecule has 0 saturated carbocycles. The lowest BCUT2D eigenvalue weighted by Crippen LogP contribution is -2.28. The molecule has 31 heavy (non-hydrogen) atoms. The van der Waals surface area contributed by atoms with Crippen molar-refractivity contribution in [1.29, 1.82) is 0 Å². The van der Waals surface area contributed by atoms with Gasteiger partial charge in [0.2, 0.25) is 5.88 Å². The second kappa shape index (κ2) is 8.47. The molecule has 0 radical (unpaired) electrons. The van der Waals surface area contributed by atoms with Crippen LogP contribution in [-0.4, -0.2) is 44.6 Å². The Kier molecular flexibility index (Phi) is 5.96. The first-order chi connectivity index (χ1) is 14.5. The van der Waals surface area contributed by atoms with E-state index >= 15 is 0 Å². The number of carbonyl (C=O) groups is 3. The van der Waals surface area contributed by atoms with Crippen molar-refractivity contribution in [1.82, 2.24) is 9.55 Å². The Balaban J connectivity index is 1.91. The highest BCUT2D eigenvalue weighted by Gasteiger charge is 2.25. The lowest BCUT2D eigenvalue weighted by atomic mass is 10.2. The van der Waals surface area contributed by atoms with E-state index in [0.717, 1.165) is 4.57 Å². The van der Waals surface area contributed by atoms with Gasteiger partial charge in [-0.2, -0.15) is 0 Å². The number of carboxylic acid groups (broad SMARTS) is 1. The van der Waals surface area contributed by atoms with Crippen LogP contribution in [-0.2, 0) is 9.53 Å². The zero-order valence-corrected chi connectivity index (χ0v) is 17.6. The molecular formula is C22H23N3O6. The maximum absolute atomic E-state index is 12.7. The third kappa shape index (κ3) is 5.39. The van der Waals surface area contributed by atoms with Crippen molar-refractivity contribution < 1.29 is 29.0 Å². The van der Waals surface area contributed by atoms with E-state index < -0.39 is 17.7 Å². The van der Waals surface area contributed by atoms with Crippen molar-refractivity contribution in [2.24, 2.45) is 0 Å². The molecule has 162 valence electrons. The van der Waals surface area contributed by atoms with E-state index in [1.807, 2.05) is 0 Å². The van der Waals surface area contributed by atoms with Crippen LogP contribution in [0, 0.1) is 0 Å². The maximum atomic E-state index is 12.7. The first kappa shape index (κ1) is 21.8. The molecule has 2 aromatic heterocycles. The monoisotopic (exact) mass is 425 g/mol. The molecule has 0 aliphatic carbocycles. The van der Waals surface area contributed by atoms with Crippen LogP contribution in [0.25, 0.3) is 10.9 Å². The topological polar surface area (TPSA) is 120 Å². The van der Waals surface area contributed by atoms with Crippen molar-refractivity contribution in [2.45, 2.75) is 33.3 Å². The van der Waals surface area contributed by atoms with Gasteiger partial charge in [0.1, 0.15) is 22.8 Å². The van der Waals surface area contributed by atoms with Gasteiger partial charge in [-0.05, 0) is 52.0 Å². The minimum atomic E-state index is -1.25. The lowest BCUT2D eigenvalue weighted by Gasteiger charge is -2.20. The van der Waals surface area contributed by atoms with E-state index in [4.69, 9.17) is 9.47 Å². The molecule has 1 aromatic carbocycles. The smallest absolute Gasteiger partial charge is 0.419 e. The zero-order valence-electron chi connectivity index (χ0n) is 17.6. The van der Waals surface area contributed by atoms with Crippen LogP contribution < -0.4 is 10.1 Å². The molecular weight excluding hydrogens is 402 g/mol. The molecule has 2 N–H and O–H groups in total. The van der Waals surface area contributed by atoms with Gasteiger partial charge < -0.3 is 19.9 Å². The number of nitrogens with zero attached hydrogens (tertiary/aromatic N) is 2. The molecule has 2 heterocycles. The number of aromatic carboxylic acids is 1. The van der Waals surface area contributed by atoms with Gasteiger partial charge in [0, 0.05) is 17.5 Å². The maximum Gasteiger partial charge on any atom is 0.419 e. The SMILES string of the molecule is CC(=O)CNc1ccc(Oc2ccc3cc(C(=O)O)n(C(=O)OC(C)(C)C)c3c2)nc1. The molecule has 0 bridgehead atoms. The number of benzene rings is 1. The van der Waals surface area contributed by atoms with E-state index in [2.05, 4.69) is 10.3 Å². The summed E-state index contributed by atoms with van der Waals surface area (Å²) in [5, 5.41) is 13.0. The molecule has 0 amide bonds. The lowest BCUT2D eigenvalue weighted by molar-refractivity contribution is -0.115. The zero-order chi connectivity index (χ0) is 22.8. The molecule has 3 aromatic rings. The highest BCUT2D eigenvalue weighted by atomic mass is 16.6. The molecule has 0 unspecified atom stereocenters. The number of hydrogen-bond donors (Lipinski definition) is 2. The predicted octanol–water partition coefficient (Wildman–Crippen LogP) is 4.31. The molecule has 0 fully saturated rings. The first-order valence-electron chi connectivity index (χ1n) is 9.53. The predicted molar refractivity (Wildman–Crippen MR) is 114 cm³/mol. The Hall–Kier alpha value is -3.88. The molecule has 9 heteroatoms. The van der Waals surface area contributed by atoms with Crippen LogP contribution in [0.15, 0.2) is 42.6 Å². The Labute approximate surface area is 178 Å². The van der Waals surface area contributed by atoms with Crippen molar-refractivity contribution in [2.75, 3.05) is 11.9 Å². The second-order valence-electron chi connectivity index (χ2n) is 7.91. The number of nitrogens with one attached hydrogen (secondary N) is 1. The number of anilines is 1. The molecule has 0 atom stereocenters. The Morgan fingerprint density at radius 3 is 2.45 bits per heavy atom. The van der Waals surface area contributed by atoms with Gasteiger partial charge >= 0.3 is 12.1 Å². The van der Waals surface area contributed by atoms with Crippen molar-refractivity contribution in [3.63, 3.8) is 0 Å². The van der Waals surface area contributed by atoms with Crippen molar-refractivity contribution in [3.8, 4) is 11.6 Å². The van der Waals surface area contributed by atoms with Crippen LogP contribution >= 0.6 is 0 Å². The molecule has 0 aliphatic heterocycles. The number of aromatic nitrogens is 2. The summed E-state index contributed by atoms with van der Waals surface area (Å²) in [5.74, 6) is -0.590. The van der Waals surface area contributed by atoms with Crippen molar-refractivity contribution in [3.05, 3.63) is 48.3 Å². The fourth-order valence-corrected chi connectivity index (χ4v) is 2.80. The van der Waals surface area contributed by atoms with E-state index in [1.54, 1.807) is 51.1 Å². The highest BCUT2D eigenvalue weighted by Crippen LogP contribution is 2.28. The third-order valence-corrected chi connectivity index (χ3v) is 4.07. The largest absolute Gasteiger partial charge is 0.477 e. The summed E-state index contributed by atoms with van der Waals surface area (Å²) in [7, 11) is 0. The minimum Gasteiger partial charge on any atom is -0.477 e. The van der Waals surface area contributed by atoms with Crippen LogP contribution in [0.1, 0.15) is 38.2 Å². The van der Waals surface area contributed by atoms with Gasteiger partial charge in [-0.1, -0.05) is 0 Å². The van der Waals surface area contributed by atoms with Gasteiger partial charge in [0.25, 0.3) is 0 Å². The minimum absolute atomic E-state index is 0.00217.